The SMILES string of the molecule is CC(CCNc1nc(C2CC2)ns1)CCC(=O)O. The van der Waals surface area contributed by atoms with Gasteiger partial charge in [0.1, 0.15) is 5.82 Å². The maximum Gasteiger partial charge on any atom is 0.303 e. The quantitative estimate of drug-likeness (QED) is 0.759. The molecule has 6 heteroatoms. The standard InChI is InChI=1S/C12H19N3O2S/c1-8(2-5-10(16)17)6-7-13-12-14-11(15-18-12)9-3-4-9/h8-9H,2-7H2,1H3,(H,16,17)(H,13,14,15). The van der Waals surface area contributed by atoms with Gasteiger partial charge in [0.2, 0.25) is 5.13 Å². The van der Waals surface area contributed by atoms with Crippen molar-refractivity contribution in [3.05, 3.63) is 5.82 Å². The Morgan fingerprint density at radius 2 is 2.33 bits per heavy atom. The van der Waals surface area contributed by atoms with Gasteiger partial charge in [-0.15, -0.1) is 0 Å². The highest BCUT2D eigenvalue weighted by Crippen LogP contribution is 2.39. The fourth-order valence-corrected chi connectivity index (χ4v) is 2.42. The second kappa shape index (κ2) is 6.13. The zero-order chi connectivity index (χ0) is 13.0. The summed E-state index contributed by atoms with van der Waals surface area (Å²) in [6.45, 7) is 2.92. The molecule has 100 valence electrons. The minimum Gasteiger partial charge on any atom is -0.481 e. The minimum atomic E-state index is -0.715. The molecule has 1 aliphatic carbocycles. The van der Waals surface area contributed by atoms with Crippen LogP contribution in [0.2, 0.25) is 0 Å². The second-order valence-electron chi connectivity index (χ2n) is 4.99. The fourth-order valence-electron chi connectivity index (χ4n) is 1.75. The summed E-state index contributed by atoms with van der Waals surface area (Å²) in [6, 6.07) is 0. The van der Waals surface area contributed by atoms with Gasteiger partial charge in [0.25, 0.3) is 0 Å². The van der Waals surface area contributed by atoms with Crippen LogP contribution in [0.1, 0.15) is 50.8 Å². The first-order chi connectivity index (χ1) is 8.65. The van der Waals surface area contributed by atoms with Crippen molar-refractivity contribution in [1.29, 1.82) is 0 Å². The maximum absolute atomic E-state index is 10.4. The molecule has 18 heavy (non-hydrogen) atoms. The summed E-state index contributed by atoms with van der Waals surface area (Å²) in [5, 5.41) is 12.7. The Morgan fingerprint density at radius 3 is 3.00 bits per heavy atom. The summed E-state index contributed by atoms with van der Waals surface area (Å²) in [6.07, 6.45) is 4.41. The lowest BCUT2D eigenvalue weighted by molar-refractivity contribution is -0.137. The van der Waals surface area contributed by atoms with E-state index in [4.69, 9.17) is 5.11 Å². The molecule has 0 spiro atoms. The van der Waals surface area contributed by atoms with Crippen LogP contribution in [-0.2, 0) is 4.79 Å². The van der Waals surface area contributed by atoms with E-state index in [2.05, 4.69) is 21.6 Å². The highest BCUT2D eigenvalue weighted by molar-refractivity contribution is 7.09. The Kier molecular flexibility index (Phi) is 4.52. The summed E-state index contributed by atoms with van der Waals surface area (Å²) in [5.74, 6) is 1.30. The van der Waals surface area contributed by atoms with E-state index in [0.717, 1.165) is 30.3 Å². The first kappa shape index (κ1) is 13.3. The van der Waals surface area contributed by atoms with E-state index in [9.17, 15) is 4.79 Å². The van der Waals surface area contributed by atoms with Crippen molar-refractivity contribution in [2.75, 3.05) is 11.9 Å². The van der Waals surface area contributed by atoms with Gasteiger partial charge in [-0.1, -0.05) is 6.92 Å². The lowest BCUT2D eigenvalue weighted by Crippen LogP contribution is -2.08. The number of carboxylic acid groups (broad SMARTS) is 1. The summed E-state index contributed by atoms with van der Waals surface area (Å²) >= 11 is 1.42. The van der Waals surface area contributed by atoms with Crippen molar-refractivity contribution in [3.63, 3.8) is 0 Å². The van der Waals surface area contributed by atoms with Gasteiger partial charge in [0, 0.05) is 30.4 Å². The van der Waals surface area contributed by atoms with Crippen LogP contribution < -0.4 is 5.32 Å². The van der Waals surface area contributed by atoms with Crippen molar-refractivity contribution in [3.8, 4) is 0 Å². The molecule has 1 fully saturated rings. The molecule has 1 atom stereocenters. The van der Waals surface area contributed by atoms with Gasteiger partial charge in [-0.25, -0.2) is 4.98 Å². The predicted octanol–water partition coefficient (Wildman–Crippen LogP) is 2.72. The molecule has 1 heterocycles. The molecule has 1 aromatic rings. The molecule has 5 nitrogen and oxygen atoms in total. The summed E-state index contributed by atoms with van der Waals surface area (Å²) < 4.78 is 4.33. The van der Waals surface area contributed by atoms with Gasteiger partial charge < -0.3 is 10.4 Å². The topological polar surface area (TPSA) is 75.1 Å². The van der Waals surface area contributed by atoms with Gasteiger partial charge in [-0.05, 0) is 31.6 Å². The molecule has 0 amide bonds. The number of rotatable bonds is 8. The predicted molar refractivity (Wildman–Crippen MR) is 71.0 cm³/mol. The fraction of sp³-hybridized carbons (Fsp3) is 0.750. The molecule has 1 aliphatic rings. The Morgan fingerprint density at radius 1 is 1.56 bits per heavy atom. The van der Waals surface area contributed by atoms with E-state index in [1.807, 2.05) is 0 Å². The van der Waals surface area contributed by atoms with Crippen molar-refractivity contribution in [2.24, 2.45) is 5.92 Å². The first-order valence-corrected chi connectivity index (χ1v) is 7.21. The van der Waals surface area contributed by atoms with E-state index >= 15 is 0 Å². The van der Waals surface area contributed by atoms with Crippen LogP contribution in [0.25, 0.3) is 0 Å². The molecule has 2 N–H and O–H groups in total. The Labute approximate surface area is 111 Å². The molecule has 0 aromatic carbocycles. The average Bonchev–Trinajstić information content (AvgIpc) is 3.07. The molecule has 0 radical (unpaired) electrons. The minimum absolute atomic E-state index is 0.256. The highest BCUT2D eigenvalue weighted by atomic mass is 32.1. The van der Waals surface area contributed by atoms with Crippen molar-refractivity contribution in [1.82, 2.24) is 9.36 Å². The molecule has 0 saturated heterocycles. The average molecular weight is 269 g/mol. The zero-order valence-corrected chi connectivity index (χ0v) is 11.4. The highest BCUT2D eigenvalue weighted by Gasteiger charge is 2.27. The van der Waals surface area contributed by atoms with Crippen LogP contribution in [0.15, 0.2) is 0 Å². The van der Waals surface area contributed by atoms with Gasteiger partial charge in [-0.3, -0.25) is 4.79 Å². The normalized spacial score (nSPS) is 16.5. The van der Waals surface area contributed by atoms with Crippen LogP contribution >= 0.6 is 11.5 Å². The molecule has 2 rings (SSSR count). The third-order valence-electron chi connectivity index (χ3n) is 3.15. The van der Waals surface area contributed by atoms with Gasteiger partial charge in [0.15, 0.2) is 0 Å². The number of aromatic nitrogens is 2. The van der Waals surface area contributed by atoms with Gasteiger partial charge >= 0.3 is 5.97 Å². The molecular weight excluding hydrogens is 250 g/mol. The third kappa shape index (κ3) is 4.25. The summed E-state index contributed by atoms with van der Waals surface area (Å²) in [4.78, 5) is 14.9. The largest absolute Gasteiger partial charge is 0.481 e. The summed E-state index contributed by atoms with van der Waals surface area (Å²) in [7, 11) is 0. The van der Waals surface area contributed by atoms with Crippen LogP contribution in [-0.4, -0.2) is 27.0 Å². The number of hydrogen-bond acceptors (Lipinski definition) is 5. The van der Waals surface area contributed by atoms with Crippen LogP contribution in [0.3, 0.4) is 0 Å². The smallest absolute Gasteiger partial charge is 0.303 e. The number of nitrogens with one attached hydrogen (secondary N) is 1. The molecule has 1 aromatic heterocycles. The van der Waals surface area contributed by atoms with Gasteiger partial charge in [0.05, 0.1) is 0 Å². The first-order valence-electron chi connectivity index (χ1n) is 6.44. The van der Waals surface area contributed by atoms with Crippen LogP contribution in [0, 0.1) is 5.92 Å². The third-order valence-corrected chi connectivity index (χ3v) is 3.84. The molecule has 1 unspecified atom stereocenters. The van der Waals surface area contributed by atoms with E-state index in [-0.39, 0.29) is 6.42 Å². The maximum atomic E-state index is 10.4. The van der Waals surface area contributed by atoms with Crippen molar-refractivity contribution in [2.45, 2.75) is 44.9 Å². The Balaban J connectivity index is 1.63. The lowest BCUT2D eigenvalue weighted by Gasteiger charge is -2.09. The molecule has 0 aliphatic heterocycles. The number of aliphatic carboxylic acids is 1. The van der Waals surface area contributed by atoms with Crippen LogP contribution in [0.4, 0.5) is 5.13 Å². The van der Waals surface area contributed by atoms with Crippen molar-refractivity contribution >= 4 is 22.6 Å². The Bertz CT molecular complexity index is 404. The number of anilines is 1. The number of hydrogen-bond donors (Lipinski definition) is 2. The Hall–Kier alpha value is -1.17. The summed E-state index contributed by atoms with van der Waals surface area (Å²) in [5.41, 5.74) is 0. The lowest BCUT2D eigenvalue weighted by atomic mass is 10.0. The monoisotopic (exact) mass is 269 g/mol. The second-order valence-corrected chi connectivity index (χ2v) is 5.74. The van der Waals surface area contributed by atoms with E-state index < -0.39 is 5.97 Å². The van der Waals surface area contributed by atoms with E-state index in [1.54, 1.807) is 0 Å². The molecule has 0 bridgehead atoms. The van der Waals surface area contributed by atoms with Gasteiger partial charge in [-0.2, -0.15) is 4.37 Å². The number of carboxylic acids is 1. The molecular formula is C12H19N3O2S. The van der Waals surface area contributed by atoms with Crippen LogP contribution in [0.5, 0.6) is 0 Å². The molecule has 1 saturated carbocycles. The van der Waals surface area contributed by atoms with Crippen molar-refractivity contribution < 1.29 is 9.90 Å². The van der Waals surface area contributed by atoms with E-state index in [0.29, 0.717) is 11.8 Å². The van der Waals surface area contributed by atoms with E-state index in [1.165, 1.54) is 24.4 Å². The number of nitrogens with zero attached hydrogens (tertiary/aromatic N) is 2. The zero-order valence-electron chi connectivity index (χ0n) is 10.6. The number of carbonyl (C=O) groups is 1.